The maximum Gasteiger partial charge on any atom is 0.224 e. The number of hydrogen-bond donors (Lipinski definition) is 2. The second-order valence-corrected chi connectivity index (χ2v) is 5.17. The second kappa shape index (κ2) is 5.17. The van der Waals surface area contributed by atoms with Crippen molar-refractivity contribution in [1.29, 1.82) is 0 Å². The van der Waals surface area contributed by atoms with Gasteiger partial charge in [0.05, 0.1) is 5.02 Å². The van der Waals surface area contributed by atoms with Crippen LogP contribution in [0.1, 0.15) is 6.42 Å². The van der Waals surface area contributed by atoms with Crippen molar-refractivity contribution in [1.82, 2.24) is 5.32 Å². The van der Waals surface area contributed by atoms with E-state index < -0.39 is 0 Å². The second-order valence-electron chi connectivity index (χ2n) is 3.91. The van der Waals surface area contributed by atoms with Crippen LogP contribution in [-0.4, -0.2) is 19.0 Å². The summed E-state index contributed by atoms with van der Waals surface area (Å²) >= 11 is 9.24. The van der Waals surface area contributed by atoms with E-state index in [1.165, 1.54) is 0 Å². The molecular weight excluding hydrogens is 291 g/mol. The molecule has 2 N–H and O–H groups in total. The van der Waals surface area contributed by atoms with E-state index >= 15 is 0 Å². The van der Waals surface area contributed by atoms with Gasteiger partial charge in [-0.2, -0.15) is 0 Å². The van der Waals surface area contributed by atoms with Crippen LogP contribution in [0.4, 0.5) is 5.69 Å². The summed E-state index contributed by atoms with van der Waals surface area (Å²) in [5, 5.41) is 6.58. The third kappa shape index (κ3) is 2.97. The van der Waals surface area contributed by atoms with Crippen molar-refractivity contribution in [3.05, 3.63) is 27.7 Å². The molecule has 86 valence electrons. The van der Waals surface area contributed by atoms with Crippen molar-refractivity contribution in [2.75, 3.05) is 18.4 Å². The molecule has 0 bridgehead atoms. The zero-order chi connectivity index (χ0) is 11.5. The average molecular weight is 304 g/mol. The van der Waals surface area contributed by atoms with E-state index in [0.29, 0.717) is 17.4 Å². The third-order valence-corrected chi connectivity index (χ3v) is 3.78. The van der Waals surface area contributed by atoms with E-state index in [1.807, 2.05) is 12.1 Å². The van der Waals surface area contributed by atoms with Gasteiger partial charge in [0.15, 0.2) is 0 Å². The highest BCUT2D eigenvalue weighted by atomic mass is 79.9. The Hall–Kier alpha value is -0.580. The first-order valence-electron chi connectivity index (χ1n) is 5.11. The number of hydrogen-bond acceptors (Lipinski definition) is 2. The van der Waals surface area contributed by atoms with Crippen molar-refractivity contribution in [2.24, 2.45) is 5.92 Å². The molecule has 0 radical (unpaired) electrons. The van der Waals surface area contributed by atoms with Crippen LogP contribution in [0.3, 0.4) is 0 Å². The van der Waals surface area contributed by atoms with E-state index in [-0.39, 0.29) is 5.91 Å². The van der Waals surface area contributed by atoms with Gasteiger partial charge < -0.3 is 10.6 Å². The maximum atomic E-state index is 11.6. The Morgan fingerprint density at radius 1 is 1.56 bits per heavy atom. The van der Waals surface area contributed by atoms with E-state index in [1.54, 1.807) is 6.07 Å². The molecule has 16 heavy (non-hydrogen) atoms. The number of rotatable bonds is 3. The van der Waals surface area contributed by atoms with Crippen molar-refractivity contribution in [2.45, 2.75) is 6.42 Å². The molecule has 0 unspecified atom stereocenters. The van der Waals surface area contributed by atoms with Gasteiger partial charge in [0.2, 0.25) is 5.91 Å². The largest absolute Gasteiger partial charge is 0.326 e. The van der Waals surface area contributed by atoms with Crippen LogP contribution in [-0.2, 0) is 4.79 Å². The van der Waals surface area contributed by atoms with Crippen molar-refractivity contribution >= 4 is 39.1 Å². The fourth-order valence-corrected chi connectivity index (χ4v) is 1.97. The molecule has 5 heteroatoms. The summed E-state index contributed by atoms with van der Waals surface area (Å²) in [6.45, 7) is 1.88. The highest BCUT2D eigenvalue weighted by Crippen LogP contribution is 2.25. The molecule has 1 aromatic rings. The Labute approximate surface area is 108 Å². The lowest BCUT2D eigenvalue weighted by molar-refractivity contribution is -0.117. The molecular formula is C11H12BrClN2O. The van der Waals surface area contributed by atoms with Crippen LogP contribution >= 0.6 is 27.5 Å². The van der Waals surface area contributed by atoms with Gasteiger partial charge >= 0.3 is 0 Å². The monoisotopic (exact) mass is 302 g/mol. The lowest BCUT2D eigenvalue weighted by atomic mass is 9.99. The number of nitrogens with one attached hydrogen (secondary N) is 2. The number of halogens is 2. The Morgan fingerprint density at radius 3 is 2.88 bits per heavy atom. The summed E-state index contributed by atoms with van der Waals surface area (Å²) in [5.41, 5.74) is 0.741. The molecule has 1 aliphatic heterocycles. The van der Waals surface area contributed by atoms with E-state index in [9.17, 15) is 4.79 Å². The lowest BCUT2D eigenvalue weighted by Gasteiger charge is -2.26. The van der Waals surface area contributed by atoms with Crippen molar-refractivity contribution in [3.63, 3.8) is 0 Å². The van der Waals surface area contributed by atoms with Crippen LogP contribution in [0.2, 0.25) is 5.02 Å². The highest BCUT2D eigenvalue weighted by molar-refractivity contribution is 9.10. The number of benzene rings is 1. The number of anilines is 1. The Bertz CT molecular complexity index is 407. The maximum absolute atomic E-state index is 11.6. The smallest absolute Gasteiger partial charge is 0.224 e. The van der Waals surface area contributed by atoms with Gasteiger partial charge in [0.1, 0.15) is 0 Å². The summed E-state index contributed by atoms with van der Waals surface area (Å²) in [7, 11) is 0. The van der Waals surface area contributed by atoms with E-state index in [0.717, 1.165) is 23.2 Å². The Morgan fingerprint density at radius 2 is 2.31 bits per heavy atom. The van der Waals surface area contributed by atoms with Gasteiger partial charge in [-0.15, -0.1) is 0 Å². The predicted molar refractivity (Wildman–Crippen MR) is 68.8 cm³/mol. The summed E-state index contributed by atoms with van der Waals surface area (Å²) in [5.74, 6) is 0.524. The van der Waals surface area contributed by atoms with Crippen LogP contribution in [0.25, 0.3) is 0 Å². The Kier molecular flexibility index (Phi) is 3.84. The average Bonchev–Trinajstić information content (AvgIpc) is 2.18. The van der Waals surface area contributed by atoms with Crippen LogP contribution < -0.4 is 10.6 Å². The third-order valence-electron chi connectivity index (χ3n) is 2.54. The van der Waals surface area contributed by atoms with Gasteiger partial charge in [0, 0.05) is 16.6 Å². The molecule has 1 amide bonds. The number of carbonyl (C=O) groups is 1. The van der Waals surface area contributed by atoms with Crippen molar-refractivity contribution in [3.8, 4) is 0 Å². The first-order valence-corrected chi connectivity index (χ1v) is 6.28. The van der Waals surface area contributed by atoms with Gasteiger partial charge in [-0.05, 0) is 53.1 Å². The topological polar surface area (TPSA) is 41.1 Å². The van der Waals surface area contributed by atoms with Gasteiger partial charge in [0.25, 0.3) is 0 Å². The minimum absolute atomic E-state index is 0.0462. The van der Waals surface area contributed by atoms with Crippen molar-refractivity contribution < 1.29 is 4.79 Å². The molecule has 0 saturated carbocycles. The van der Waals surface area contributed by atoms with Crippen LogP contribution in [0.5, 0.6) is 0 Å². The highest BCUT2D eigenvalue weighted by Gasteiger charge is 2.20. The molecule has 1 aromatic carbocycles. The van der Waals surface area contributed by atoms with Crippen LogP contribution in [0.15, 0.2) is 22.7 Å². The van der Waals surface area contributed by atoms with Gasteiger partial charge in [-0.1, -0.05) is 11.6 Å². The molecule has 0 atom stereocenters. The SMILES string of the molecule is O=C(CC1CNC1)Nc1ccc(Br)c(Cl)c1. The molecule has 0 aromatic heterocycles. The molecule has 2 rings (SSSR count). The Balaban J connectivity index is 1.92. The molecule has 0 aliphatic carbocycles. The van der Waals surface area contributed by atoms with E-state index in [2.05, 4.69) is 26.6 Å². The standard InChI is InChI=1S/C11H12BrClN2O/c12-9-2-1-8(4-10(9)13)15-11(16)3-7-5-14-6-7/h1-2,4,7,14H,3,5-6H2,(H,15,16). The molecule has 1 fully saturated rings. The van der Waals surface area contributed by atoms with Crippen LogP contribution in [0, 0.1) is 5.92 Å². The zero-order valence-electron chi connectivity index (χ0n) is 8.59. The lowest BCUT2D eigenvalue weighted by Crippen LogP contribution is -2.43. The molecule has 3 nitrogen and oxygen atoms in total. The molecule has 0 spiro atoms. The predicted octanol–water partition coefficient (Wildman–Crippen LogP) is 2.65. The molecule has 1 aliphatic rings. The summed E-state index contributed by atoms with van der Waals surface area (Å²) in [6.07, 6.45) is 0.570. The minimum Gasteiger partial charge on any atom is -0.326 e. The molecule has 1 saturated heterocycles. The normalized spacial score (nSPS) is 15.6. The van der Waals surface area contributed by atoms with Gasteiger partial charge in [-0.3, -0.25) is 4.79 Å². The summed E-state index contributed by atoms with van der Waals surface area (Å²) < 4.78 is 0.829. The molecule has 1 heterocycles. The van der Waals surface area contributed by atoms with E-state index in [4.69, 9.17) is 11.6 Å². The fourth-order valence-electron chi connectivity index (χ4n) is 1.54. The van der Waals surface area contributed by atoms with Gasteiger partial charge in [-0.25, -0.2) is 0 Å². The quantitative estimate of drug-likeness (QED) is 0.901. The first-order chi connectivity index (χ1) is 7.65. The minimum atomic E-state index is 0.0462. The summed E-state index contributed by atoms with van der Waals surface area (Å²) in [4.78, 5) is 11.6. The summed E-state index contributed by atoms with van der Waals surface area (Å²) in [6, 6.07) is 5.39. The zero-order valence-corrected chi connectivity index (χ0v) is 10.9. The fraction of sp³-hybridized carbons (Fsp3) is 0.364. The number of carbonyl (C=O) groups excluding carboxylic acids is 1. The number of amides is 1. The first kappa shape index (κ1) is 11.9.